The van der Waals surface area contributed by atoms with Crippen molar-refractivity contribution < 1.29 is 0 Å². The lowest BCUT2D eigenvalue weighted by molar-refractivity contribution is 0.343. The number of halogens is 1. The minimum Gasteiger partial charge on any atom is -0.308 e. The summed E-state index contributed by atoms with van der Waals surface area (Å²) in [4.78, 5) is 8.60. The summed E-state index contributed by atoms with van der Waals surface area (Å²) in [7, 11) is 0. The van der Waals surface area contributed by atoms with E-state index in [9.17, 15) is 0 Å². The van der Waals surface area contributed by atoms with Crippen LogP contribution in [0.2, 0.25) is 0 Å². The van der Waals surface area contributed by atoms with Crippen molar-refractivity contribution in [2.45, 2.75) is 45.7 Å². The predicted molar refractivity (Wildman–Crippen MR) is 83.5 cm³/mol. The molecule has 2 aromatic heterocycles. The van der Waals surface area contributed by atoms with Crippen molar-refractivity contribution in [3.05, 3.63) is 28.9 Å². The topological polar surface area (TPSA) is 42.2 Å². The zero-order valence-electron chi connectivity index (χ0n) is 12.0. The monoisotopic (exact) mass is 336 g/mol. The van der Waals surface area contributed by atoms with E-state index >= 15 is 0 Å². The average molecular weight is 337 g/mol. The van der Waals surface area contributed by atoms with Gasteiger partial charge in [-0.25, -0.2) is 9.97 Å². The standard InChI is InChI=1S/C15H21BrN4/c1-3-11-4-5-13(10(11)2)17-6-12-7-19-15-8-18-14(16)9-20(12)15/h7-11,13,17H,3-6H2,1-2H3. The first-order chi connectivity index (χ1) is 9.69. The maximum atomic E-state index is 4.39. The van der Waals surface area contributed by atoms with Crippen molar-refractivity contribution in [2.24, 2.45) is 11.8 Å². The highest BCUT2D eigenvalue weighted by molar-refractivity contribution is 9.10. The first-order valence-electron chi connectivity index (χ1n) is 7.40. The summed E-state index contributed by atoms with van der Waals surface area (Å²) in [5.41, 5.74) is 2.09. The lowest BCUT2D eigenvalue weighted by Crippen LogP contribution is -2.32. The maximum Gasteiger partial charge on any atom is 0.155 e. The summed E-state index contributed by atoms with van der Waals surface area (Å²) >= 11 is 3.42. The number of fused-ring (bicyclic) bond motifs is 1. The summed E-state index contributed by atoms with van der Waals surface area (Å²) in [6.07, 6.45) is 9.66. The Morgan fingerprint density at radius 1 is 1.35 bits per heavy atom. The van der Waals surface area contributed by atoms with Crippen molar-refractivity contribution in [3.63, 3.8) is 0 Å². The van der Waals surface area contributed by atoms with E-state index in [1.54, 1.807) is 6.20 Å². The van der Waals surface area contributed by atoms with E-state index in [2.05, 4.69) is 49.5 Å². The van der Waals surface area contributed by atoms with Gasteiger partial charge in [0.25, 0.3) is 0 Å². The van der Waals surface area contributed by atoms with Crippen LogP contribution < -0.4 is 5.32 Å². The molecule has 1 fully saturated rings. The van der Waals surface area contributed by atoms with Crippen LogP contribution in [0.25, 0.3) is 5.65 Å². The molecule has 0 amide bonds. The average Bonchev–Trinajstić information content (AvgIpc) is 3.00. The van der Waals surface area contributed by atoms with Crippen molar-refractivity contribution in [2.75, 3.05) is 0 Å². The van der Waals surface area contributed by atoms with Gasteiger partial charge in [0, 0.05) is 18.8 Å². The fourth-order valence-electron chi connectivity index (χ4n) is 3.39. The van der Waals surface area contributed by atoms with Gasteiger partial charge in [0.15, 0.2) is 5.65 Å². The Balaban J connectivity index is 1.70. The van der Waals surface area contributed by atoms with Crippen LogP contribution in [0.15, 0.2) is 23.2 Å². The van der Waals surface area contributed by atoms with E-state index < -0.39 is 0 Å². The molecule has 1 aliphatic carbocycles. The molecule has 1 N–H and O–H groups in total. The lowest BCUT2D eigenvalue weighted by atomic mass is 9.93. The van der Waals surface area contributed by atoms with Crippen molar-refractivity contribution in [3.8, 4) is 0 Å². The highest BCUT2D eigenvalue weighted by atomic mass is 79.9. The fourth-order valence-corrected chi connectivity index (χ4v) is 3.70. The summed E-state index contributed by atoms with van der Waals surface area (Å²) in [6.45, 7) is 5.55. The number of rotatable bonds is 4. The van der Waals surface area contributed by atoms with Crippen LogP contribution >= 0.6 is 15.9 Å². The number of imidazole rings is 1. The van der Waals surface area contributed by atoms with Gasteiger partial charge >= 0.3 is 0 Å². The molecule has 0 saturated heterocycles. The van der Waals surface area contributed by atoms with E-state index in [4.69, 9.17) is 0 Å². The molecular weight excluding hydrogens is 316 g/mol. The minimum atomic E-state index is 0.635. The molecule has 1 aliphatic rings. The van der Waals surface area contributed by atoms with E-state index in [1.807, 2.05) is 12.4 Å². The Kier molecular flexibility index (Phi) is 4.08. The van der Waals surface area contributed by atoms with Gasteiger partial charge < -0.3 is 5.32 Å². The molecule has 5 heteroatoms. The van der Waals surface area contributed by atoms with Gasteiger partial charge in [0.2, 0.25) is 0 Å². The third-order valence-corrected chi connectivity index (χ3v) is 5.15. The molecule has 0 bridgehead atoms. The molecule has 108 valence electrons. The maximum absolute atomic E-state index is 4.39. The van der Waals surface area contributed by atoms with Crippen molar-refractivity contribution >= 4 is 21.6 Å². The van der Waals surface area contributed by atoms with Gasteiger partial charge in [0.1, 0.15) is 4.60 Å². The minimum absolute atomic E-state index is 0.635. The number of aromatic nitrogens is 3. The highest BCUT2D eigenvalue weighted by Gasteiger charge is 2.31. The summed E-state index contributed by atoms with van der Waals surface area (Å²) in [5, 5.41) is 3.71. The van der Waals surface area contributed by atoms with E-state index in [0.717, 1.165) is 28.6 Å². The third kappa shape index (κ3) is 2.61. The van der Waals surface area contributed by atoms with Gasteiger partial charge in [-0.1, -0.05) is 20.3 Å². The second-order valence-corrected chi connectivity index (χ2v) is 6.59. The van der Waals surface area contributed by atoms with Crippen LogP contribution in [0.1, 0.15) is 38.8 Å². The van der Waals surface area contributed by atoms with Gasteiger partial charge in [-0.3, -0.25) is 4.40 Å². The molecule has 2 aromatic rings. The Hall–Kier alpha value is -0.940. The fraction of sp³-hybridized carbons (Fsp3) is 0.600. The molecule has 0 aliphatic heterocycles. The normalized spacial score (nSPS) is 26.4. The SMILES string of the molecule is CCC1CCC(NCc2cnc3cnc(Br)cn23)C1C. The van der Waals surface area contributed by atoms with Crippen LogP contribution in [-0.2, 0) is 6.54 Å². The first-order valence-corrected chi connectivity index (χ1v) is 8.19. The van der Waals surface area contributed by atoms with Gasteiger partial charge in [-0.05, 0) is 40.6 Å². The molecule has 4 nitrogen and oxygen atoms in total. The molecule has 3 unspecified atom stereocenters. The smallest absolute Gasteiger partial charge is 0.155 e. The number of hydrogen-bond donors (Lipinski definition) is 1. The molecule has 3 atom stereocenters. The van der Waals surface area contributed by atoms with Gasteiger partial charge in [-0.15, -0.1) is 0 Å². The highest BCUT2D eigenvalue weighted by Crippen LogP contribution is 2.33. The van der Waals surface area contributed by atoms with Gasteiger partial charge in [-0.2, -0.15) is 0 Å². The number of nitrogens with one attached hydrogen (secondary N) is 1. The Labute approximate surface area is 128 Å². The first kappa shape index (κ1) is 14.0. The van der Waals surface area contributed by atoms with E-state index in [1.165, 1.54) is 25.0 Å². The molecule has 0 radical (unpaired) electrons. The predicted octanol–water partition coefficient (Wildman–Crippen LogP) is 3.41. The Morgan fingerprint density at radius 3 is 2.95 bits per heavy atom. The molecule has 3 rings (SSSR count). The number of hydrogen-bond acceptors (Lipinski definition) is 3. The Morgan fingerprint density at radius 2 is 2.20 bits per heavy atom. The second kappa shape index (κ2) is 5.82. The zero-order valence-corrected chi connectivity index (χ0v) is 13.6. The van der Waals surface area contributed by atoms with Crippen LogP contribution in [0, 0.1) is 11.8 Å². The van der Waals surface area contributed by atoms with E-state index in [-0.39, 0.29) is 0 Å². The third-order valence-electron chi connectivity index (χ3n) is 4.74. The molecule has 1 saturated carbocycles. The van der Waals surface area contributed by atoms with E-state index in [0.29, 0.717) is 6.04 Å². The van der Waals surface area contributed by atoms with Crippen molar-refractivity contribution in [1.29, 1.82) is 0 Å². The molecular formula is C15H21BrN4. The lowest BCUT2D eigenvalue weighted by Gasteiger charge is -2.20. The van der Waals surface area contributed by atoms with Crippen molar-refractivity contribution in [1.82, 2.24) is 19.7 Å². The van der Waals surface area contributed by atoms with Crippen LogP contribution in [0.4, 0.5) is 0 Å². The quantitative estimate of drug-likeness (QED) is 0.930. The molecule has 0 spiro atoms. The summed E-state index contributed by atoms with van der Waals surface area (Å²) in [5.74, 6) is 1.65. The second-order valence-electron chi connectivity index (χ2n) is 5.78. The van der Waals surface area contributed by atoms with Crippen LogP contribution in [-0.4, -0.2) is 20.4 Å². The zero-order chi connectivity index (χ0) is 14.1. The Bertz CT molecular complexity index is 595. The molecule has 0 aromatic carbocycles. The van der Waals surface area contributed by atoms with Crippen LogP contribution in [0.3, 0.4) is 0 Å². The summed E-state index contributed by atoms with van der Waals surface area (Å²) < 4.78 is 2.94. The summed E-state index contributed by atoms with van der Waals surface area (Å²) in [6, 6.07) is 0.635. The number of nitrogens with zero attached hydrogens (tertiary/aromatic N) is 3. The largest absolute Gasteiger partial charge is 0.308 e. The van der Waals surface area contributed by atoms with Crippen LogP contribution in [0.5, 0.6) is 0 Å². The molecule has 2 heterocycles. The molecule has 20 heavy (non-hydrogen) atoms. The van der Waals surface area contributed by atoms with Gasteiger partial charge in [0.05, 0.1) is 18.1 Å².